The molecule has 12 nitrogen and oxygen atoms in total. The number of methoxy groups -OCH3 is 1. The molecule has 3 rings (SSSR count). The lowest BCUT2D eigenvalue weighted by molar-refractivity contribution is -0.137. The Hall–Kier alpha value is -5.26. The Bertz CT molecular complexity index is 1530. The van der Waals surface area contributed by atoms with Gasteiger partial charge in [-0.25, -0.2) is 4.79 Å². The molecule has 0 saturated carbocycles. The second-order valence-corrected chi connectivity index (χ2v) is 11.9. The van der Waals surface area contributed by atoms with Gasteiger partial charge in [0, 0.05) is 31.3 Å². The maximum Gasteiger partial charge on any atom is 0.407 e. The van der Waals surface area contributed by atoms with E-state index in [-0.39, 0.29) is 18.9 Å². The van der Waals surface area contributed by atoms with Gasteiger partial charge >= 0.3 is 12.1 Å². The lowest BCUT2D eigenvalue weighted by Crippen LogP contribution is -2.33. The molecule has 3 amide bonds. The van der Waals surface area contributed by atoms with E-state index in [0.29, 0.717) is 65.7 Å². The molecule has 0 spiro atoms. The second-order valence-electron chi connectivity index (χ2n) is 11.9. The second kappa shape index (κ2) is 18.2. The Labute approximate surface area is 281 Å². The van der Waals surface area contributed by atoms with E-state index in [0.717, 1.165) is 12.8 Å². The number of alkyl carbamates (subject to hydrolysis) is 1. The van der Waals surface area contributed by atoms with Crippen molar-refractivity contribution in [1.29, 1.82) is 0 Å². The number of nitrogens with zero attached hydrogens (tertiary/aromatic N) is 1. The minimum absolute atomic E-state index is 0.155. The minimum atomic E-state index is -0.796. The van der Waals surface area contributed by atoms with Crippen molar-refractivity contribution in [3.05, 3.63) is 77.9 Å². The third kappa shape index (κ3) is 12.2. The summed E-state index contributed by atoms with van der Waals surface area (Å²) in [4.78, 5) is 50.5. The summed E-state index contributed by atoms with van der Waals surface area (Å²) >= 11 is 0. The van der Waals surface area contributed by atoms with Gasteiger partial charge in [-0.1, -0.05) is 12.1 Å². The summed E-state index contributed by atoms with van der Waals surface area (Å²) < 4.78 is 22.3. The van der Waals surface area contributed by atoms with Crippen molar-refractivity contribution in [1.82, 2.24) is 5.32 Å². The van der Waals surface area contributed by atoms with Crippen LogP contribution >= 0.6 is 0 Å². The molecule has 3 N–H and O–H groups in total. The lowest BCUT2D eigenvalue weighted by atomic mass is 10.1. The van der Waals surface area contributed by atoms with E-state index in [4.69, 9.17) is 24.1 Å². The summed E-state index contributed by atoms with van der Waals surface area (Å²) in [6.45, 7) is 6.46. The van der Waals surface area contributed by atoms with Crippen LogP contribution in [-0.2, 0) is 9.53 Å². The van der Waals surface area contributed by atoms with Gasteiger partial charge in [-0.15, -0.1) is 0 Å². The average molecular weight is 664 g/mol. The Balaban J connectivity index is 1.56. The minimum Gasteiger partial charge on any atom is -0.495 e. The number of para-hydroxylation sites is 1. The van der Waals surface area contributed by atoms with Gasteiger partial charge in [-0.2, -0.15) is 0 Å². The summed E-state index contributed by atoms with van der Waals surface area (Å²) in [6, 6.07) is 18.7. The first-order valence-corrected chi connectivity index (χ1v) is 15.8. The molecular formula is C36H45N3O9. The zero-order valence-electron chi connectivity index (χ0n) is 28.2. The first kappa shape index (κ1) is 37.2. The number of hydrogen-bond donors (Lipinski definition) is 3. The van der Waals surface area contributed by atoms with E-state index in [9.17, 15) is 19.2 Å². The van der Waals surface area contributed by atoms with Gasteiger partial charge in [0.25, 0.3) is 11.8 Å². The van der Waals surface area contributed by atoms with Crippen LogP contribution in [0.15, 0.2) is 66.7 Å². The molecule has 3 aromatic rings. The van der Waals surface area contributed by atoms with Crippen LogP contribution in [0.2, 0.25) is 0 Å². The summed E-state index contributed by atoms with van der Waals surface area (Å²) in [6.07, 6.45) is 2.29. The first-order valence-electron chi connectivity index (χ1n) is 15.8. The predicted molar refractivity (Wildman–Crippen MR) is 183 cm³/mol. The van der Waals surface area contributed by atoms with Crippen LogP contribution in [0.5, 0.6) is 17.2 Å². The van der Waals surface area contributed by atoms with Crippen molar-refractivity contribution < 1.29 is 43.2 Å². The van der Waals surface area contributed by atoms with Crippen LogP contribution < -0.4 is 29.7 Å². The molecule has 258 valence electrons. The van der Waals surface area contributed by atoms with E-state index in [1.54, 1.807) is 94.5 Å². The largest absolute Gasteiger partial charge is 0.495 e. The van der Waals surface area contributed by atoms with Crippen molar-refractivity contribution in [2.75, 3.05) is 44.1 Å². The number of carboxylic acids is 1. The average Bonchev–Trinajstić information content (AvgIpc) is 3.05. The van der Waals surface area contributed by atoms with Crippen molar-refractivity contribution >= 4 is 35.3 Å². The fourth-order valence-electron chi connectivity index (χ4n) is 4.48. The SMILES string of the molecule is COc1cc(C(=O)N(C)c2ccc(OCCCCCC(=O)O)cc2)ccc1NC(=O)c1ccccc1OCCCNC(=O)OC(C)(C)C. The smallest absolute Gasteiger partial charge is 0.407 e. The number of rotatable bonds is 17. The number of carbonyl (C=O) groups excluding carboxylic acids is 3. The van der Waals surface area contributed by atoms with Crippen LogP contribution in [-0.4, -0.2) is 68.5 Å². The third-order valence-corrected chi connectivity index (χ3v) is 6.91. The van der Waals surface area contributed by atoms with Crippen molar-refractivity contribution in [2.45, 2.75) is 58.5 Å². The Morgan fingerprint density at radius 1 is 0.833 bits per heavy atom. The Morgan fingerprint density at radius 3 is 2.23 bits per heavy atom. The number of nitrogens with one attached hydrogen (secondary N) is 2. The Kier molecular flexibility index (Phi) is 14.1. The van der Waals surface area contributed by atoms with Crippen LogP contribution in [0, 0.1) is 0 Å². The monoisotopic (exact) mass is 663 g/mol. The maximum absolute atomic E-state index is 13.3. The van der Waals surface area contributed by atoms with Gasteiger partial charge in [0.2, 0.25) is 0 Å². The highest BCUT2D eigenvalue weighted by Gasteiger charge is 2.19. The van der Waals surface area contributed by atoms with Gasteiger partial charge in [-0.3, -0.25) is 14.4 Å². The highest BCUT2D eigenvalue weighted by Crippen LogP contribution is 2.29. The Morgan fingerprint density at radius 2 is 1.54 bits per heavy atom. The molecule has 0 bridgehead atoms. The number of aliphatic carboxylic acids is 1. The highest BCUT2D eigenvalue weighted by molar-refractivity contribution is 6.09. The first-order chi connectivity index (χ1) is 22.9. The molecule has 0 atom stereocenters. The van der Waals surface area contributed by atoms with Crippen LogP contribution in [0.4, 0.5) is 16.2 Å². The number of anilines is 2. The molecule has 0 radical (unpaired) electrons. The number of carbonyl (C=O) groups is 4. The quantitative estimate of drug-likeness (QED) is 0.137. The van der Waals surface area contributed by atoms with Crippen molar-refractivity contribution in [2.24, 2.45) is 0 Å². The van der Waals surface area contributed by atoms with Gasteiger partial charge in [0.15, 0.2) is 0 Å². The van der Waals surface area contributed by atoms with Gasteiger partial charge < -0.3 is 39.6 Å². The molecule has 0 aliphatic heterocycles. The number of benzene rings is 3. The fourth-order valence-corrected chi connectivity index (χ4v) is 4.48. The van der Waals surface area contributed by atoms with Crippen molar-refractivity contribution in [3.63, 3.8) is 0 Å². The van der Waals surface area contributed by atoms with E-state index < -0.39 is 23.6 Å². The molecule has 0 heterocycles. The maximum atomic E-state index is 13.3. The van der Waals surface area contributed by atoms with E-state index in [1.807, 2.05) is 0 Å². The standard InChI is InChI=1S/C36H45N3O9/c1-36(2,3)48-35(44)37-21-11-23-47-30-13-9-8-12-28(30)33(42)38-29-20-15-25(24-31(29)45-5)34(43)39(4)26-16-18-27(19-17-26)46-22-10-6-7-14-32(40)41/h8-9,12-13,15-20,24H,6-7,10-11,14,21-23H2,1-5H3,(H,37,44)(H,38,42)(H,40,41). The number of unbranched alkanes of at least 4 members (excludes halogenated alkanes) is 2. The number of hydrogen-bond acceptors (Lipinski definition) is 8. The molecule has 0 aliphatic carbocycles. The zero-order chi connectivity index (χ0) is 35.1. The van der Waals surface area contributed by atoms with Crippen LogP contribution in [0.3, 0.4) is 0 Å². The summed E-state index contributed by atoms with van der Waals surface area (Å²) in [5.41, 5.74) is 1.12. The third-order valence-electron chi connectivity index (χ3n) is 6.91. The molecule has 0 aromatic heterocycles. The molecule has 0 aliphatic rings. The van der Waals surface area contributed by atoms with Gasteiger partial charge in [0.1, 0.15) is 22.8 Å². The van der Waals surface area contributed by atoms with Gasteiger partial charge in [-0.05, 0) is 101 Å². The molecule has 3 aromatic carbocycles. The summed E-state index contributed by atoms with van der Waals surface area (Å²) in [7, 11) is 3.11. The van der Waals surface area contributed by atoms with Gasteiger partial charge in [0.05, 0.1) is 31.6 Å². The van der Waals surface area contributed by atoms with E-state index in [1.165, 1.54) is 12.0 Å². The van der Waals surface area contributed by atoms with Crippen molar-refractivity contribution in [3.8, 4) is 17.2 Å². The molecule has 12 heteroatoms. The van der Waals surface area contributed by atoms with Crippen LogP contribution in [0.1, 0.15) is 73.6 Å². The lowest BCUT2D eigenvalue weighted by Gasteiger charge is -2.19. The number of carboxylic acid groups (broad SMARTS) is 1. The number of ether oxygens (including phenoxy) is 4. The summed E-state index contributed by atoms with van der Waals surface area (Å²) in [5, 5.41) is 14.2. The molecular weight excluding hydrogens is 618 g/mol. The topological polar surface area (TPSA) is 153 Å². The normalized spacial score (nSPS) is 10.9. The zero-order valence-corrected chi connectivity index (χ0v) is 28.2. The predicted octanol–water partition coefficient (Wildman–Crippen LogP) is 6.54. The highest BCUT2D eigenvalue weighted by atomic mass is 16.6. The van der Waals surface area contributed by atoms with Crippen LogP contribution in [0.25, 0.3) is 0 Å². The van der Waals surface area contributed by atoms with E-state index >= 15 is 0 Å². The molecule has 48 heavy (non-hydrogen) atoms. The molecule has 0 unspecified atom stereocenters. The molecule has 0 saturated heterocycles. The summed E-state index contributed by atoms with van der Waals surface area (Å²) in [5.74, 6) is -0.155. The fraction of sp³-hybridized carbons (Fsp3) is 0.389. The number of amides is 3. The van der Waals surface area contributed by atoms with E-state index in [2.05, 4.69) is 10.6 Å². The molecule has 0 fully saturated rings.